The van der Waals surface area contributed by atoms with Crippen LogP contribution in [0.4, 0.5) is 0 Å². The molecular weight excluding hydrogens is 400 g/mol. The molecule has 2 amide bonds. The first-order chi connectivity index (χ1) is 14.8. The number of hydrogen-bond donors (Lipinski definition) is 1. The van der Waals surface area contributed by atoms with Crippen molar-refractivity contribution in [1.29, 1.82) is 0 Å². The van der Waals surface area contributed by atoms with Gasteiger partial charge in [-0.15, -0.1) is 0 Å². The molecular formula is C22H36N4O5. The zero-order valence-corrected chi connectivity index (χ0v) is 19.2. The van der Waals surface area contributed by atoms with E-state index in [1.165, 1.54) is 0 Å². The monoisotopic (exact) mass is 436 g/mol. The molecule has 1 aromatic heterocycles. The molecule has 2 aliphatic heterocycles. The lowest BCUT2D eigenvalue weighted by Gasteiger charge is -2.45. The molecule has 0 radical (unpaired) electrons. The highest BCUT2D eigenvalue weighted by Gasteiger charge is 2.33. The Kier molecular flexibility index (Phi) is 9.48. The molecule has 0 saturated carbocycles. The van der Waals surface area contributed by atoms with Gasteiger partial charge in [-0.25, -0.2) is 0 Å². The van der Waals surface area contributed by atoms with Gasteiger partial charge >= 0.3 is 0 Å². The van der Waals surface area contributed by atoms with Crippen molar-refractivity contribution in [1.82, 2.24) is 19.9 Å². The summed E-state index contributed by atoms with van der Waals surface area (Å²) in [5.74, 6) is 1.33. The third-order valence-electron chi connectivity index (χ3n) is 6.50. The molecule has 2 atom stereocenters. The number of likely N-dealkylation sites (tertiary alicyclic amines) is 1. The van der Waals surface area contributed by atoms with E-state index in [2.05, 4.69) is 23.9 Å². The van der Waals surface area contributed by atoms with Crippen molar-refractivity contribution in [3.8, 4) is 0 Å². The van der Waals surface area contributed by atoms with E-state index in [4.69, 9.17) is 14.4 Å². The molecule has 1 N–H and O–H groups in total. The van der Waals surface area contributed by atoms with Gasteiger partial charge in [0.1, 0.15) is 5.76 Å². The number of carbonyl (C=O) groups is 3. The van der Waals surface area contributed by atoms with Gasteiger partial charge in [0.25, 0.3) is 6.47 Å². The topological polar surface area (TPSA) is 107 Å². The largest absolute Gasteiger partial charge is 0.483 e. The molecule has 0 spiro atoms. The Morgan fingerprint density at radius 3 is 2.52 bits per heavy atom. The quantitative estimate of drug-likeness (QED) is 0.681. The minimum atomic E-state index is -0.250. The molecule has 0 aromatic carbocycles. The van der Waals surface area contributed by atoms with Crippen LogP contribution >= 0.6 is 0 Å². The van der Waals surface area contributed by atoms with Gasteiger partial charge in [-0.2, -0.15) is 0 Å². The van der Waals surface area contributed by atoms with Crippen LogP contribution in [0.1, 0.15) is 63.0 Å². The molecule has 3 rings (SSSR count). The molecule has 9 nitrogen and oxygen atoms in total. The van der Waals surface area contributed by atoms with Gasteiger partial charge in [0.05, 0.1) is 5.69 Å². The van der Waals surface area contributed by atoms with Gasteiger partial charge in [0, 0.05) is 63.2 Å². The highest BCUT2D eigenvalue weighted by atomic mass is 16.5. The lowest BCUT2D eigenvalue weighted by molar-refractivity contribution is -0.139. The summed E-state index contributed by atoms with van der Waals surface area (Å²) in [5.41, 5.74) is 2.10. The van der Waals surface area contributed by atoms with Gasteiger partial charge in [-0.3, -0.25) is 19.3 Å². The molecule has 3 heterocycles. The summed E-state index contributed by atoms with van der Waals surface area (Å²) < 4.78 is 5.29. The van der Waals surface area contributed by atoms with Crippen molar-refractivity contribution in [3.05, 3.63) is 17.0 Å². The number of rotatable bonds is 6. The van der Waals surface area contributed by atoms with E-state index >= 15 is 0 Å². The summed E-state index contributed by atoms with van der Waals surface area (Å²) in [5, 5.41) is 10.9. The van der Waals surface area contributed by atoms with Crippen molar-refractivity contribution in [2.45, 2.75) is 78.4 Å². The van der Waals surface area contributed by atoms with E-state index in [0.29, 0.717) is 19.4 Å². The molecule has 2 fully saturated rings. The maximum absolute atomic E-state index is 12.8. The molecule has 1 aromatic rings. The highest BCUT2D eigenvalue weighted by molar-refractivity contribution is 5.78. The normalized spacial score (nSPS) is 22.1. The second-order valence-electron chi connectivity index (χ2n) is 8.39. The standard InChI is InChI=1S/C21H34N4O3.CH2O2/c1-15-19(18(4)28-22-15)14-24-12-13-25(17(3)16(24)2)21(27)9-7-11-23-10-6-5-8-20(23)26;2-1-3/h16-17H,5-14H2,1-4H3;1H,(H,2,3)/t16-,17-;/m1./s1. The van der Waals surface area contributed by atoms with Crippen LogP contribution in [0.2, 0.25) is 0 Å². The van der Waals surface area contributed by atoms with Gasteiger partial charge in [-0.05, 0) is 47.0 Å². The molecule has 0 aliphatic carbocycles. The maximum atomic E-state index is 12.8. The van der Waals surface area contributed by atoms with Crippen LogP contribution in [-0.4, -0.2) is 81.5 Å². The van der Waals surface area contributed by atoms with E-state index in [9.17, 15) is 9.59 Å². The van der Waals surface area contributed by atoms with Crippen LogP contribution in [0.15, 0.2) is 4.52 Å². The predicted octanol–water partition coefficient (Wildman–Crippen LogP) is 2.21. The fraction of sp³-hybridized carbons (Fsp3) is 0.727. The van der Waals surface area contributed by atoms with Crippen LogP contribution < -0.4 is 0 Å². The number of piperidine rings is 1. The van der Waals surface area contributed by atoms with E-state index < -0.39 is 0 Å². The Hall–Kier alpha value is -2.42. The van der Waals surface area contributed by atoms with Crippen molar-refractivity contribution in [3.63, 3.8) is 0 Å². The fourth-order valence-electron chi connectivity index (χ4n) is 4.38. The number of hydrogen-bond acceptors (Lipinski definition) is 6. The molecule has 2 saturated heterocycles. The third-order valence-corrected chi connectivity index (χ3v) is 6.50. The Balaban J connectivity index is 0.00000107. The minimum Gasteiger partial charge on any atom is -0.483 e. The number of aryl methyl sites for hydroxylation is 2. The number of aromatic nitrogens is 1. The first-order valence-corrected chi connectivity index (χ1v) is 11.1. The lowest BCUT2D eigenvalue weighted by atomic mass is 10.0. The van der Waals surface area contributed by atoms with E-state index in [-0.39, 0.29) is 30.4 Å². The van der Waals surface area contributed by atoms with Crippen molar-refractivity contribution in [2.75, 3.05) is 26.2 Å². The zero-order chi connectivity index (χ0) is 23.0. The summed E-state index contributed by atoms with van der Waals surface area (Å²) in [6, 6.07) is 0.438. The van der Waals surface area contributed by atoms with Crippen LogP contribution in [0.25, 0.3) is 0 Å². The van der Waals surface area contributed by atoms with Gasteiger partial charge in [0.2, 0.25) is 11.8 Å². The van der Waals surface area contributed by atoms with Crippen molar-refractivity contribution >= 4 is 18.3 Å². The average molecular weight is 437 g/mol. The summed E-state index contributed by atoms with van der Waals surface area (Å²) in [7, 11) is 0. The first kappa shape index (κ1) is 24.8. The zero-order valence-electron chi connectivity index (χ0n) is 19.2. The van der Waals surface area contributed by atoms with Crippen LogP contribution in [0.5, 0.6) is 0 Å². The lowest BCUT2D eigenvalue weighted by Crippen LogP contribution is -2.58. The summed E-state index contributed by atoms with van der Waals surface area (Å²) in [4.78, 5) is 39.4. The number of carboxylic acid groups (broad SMARTS) is 1. The molecule has 2 aliphatic rings. The maximum Gasteiger partial charge on any atom is 0.290 e. The molecule has 0 bridgehead atoms. The minimum absolute atomic E-state index is 0.165. The van der Waals surface area contributed by atoms with Gasteiger partial charge in [-0.1, -0.05) is 5.16 Å². The number of piperazine rings is 1. The Morgan fingerprint density at radius 1 is 1.19 bits per heavy atom. The third kappa shape index (κ3) is 6.53. The van der Waals surface area contributed by atoms with E-state index in [1.807, 2.05) is 23.6 Å². The smallest absolute Gasteiger partial charge is 0.290 e. The second kappa shape index (κ2) is 11.8. The highest BCUT2D eigenvalue weighted by Crippen LogP contribution is 2.23. The average Bonchev–Trinajstić information content (AvgIpc) is 3.05. The van der Waals surface area contributed by atoms with Gasteiger partial charge < -0.3 is 19.4 Å². The number of nitrogens with zero attached hydrogens (tertiary/aromatic N) is 4. The van der Waals surface area contributed by atoms with Crippen molar-refractivity contribution < 1.29 is 24.0 Å². The van der Waals surface area contributed by atoms with E-state index in [0.717, 1.165) is 62.5 Å². The predicted molar refractivity (Wildman–Crippen MR) is 115 cm³/mol. The molecule has 0 unspecified atom stereocenters. The Bertz CT molecular complexity index is 731. The SMILES string of the molecule is Cc1noc(C)c1CN1CCN(C(=O)CCCN2CCCCC2=O)[C@H](C)[C@H]1C.O=CO. The van der Waals surface area contributed by atoms with Crippen LogP contribution in [-0.2, 0) is 20.9 Å². The van der Waals surface area contributed by atoms with Crippen LogP contribution in [0.3, 0.4) is 0 Å². The first-order valence-electron chi connectivity index (χ1n) is 11.1. The van der Waals surface area contributed by atoms with Crippen LogP contribution in [0, 0.1) is 13.8 Å². The van der Waals surface area contributed by atoms with E-state index in [1.54, 1.807) is 0 Å². The number of carbonyl (C=O) groups excluding carboxylic acids is 2. The summed E-state index contributed by atoms with van der Waals surface area (Å²) in [6.45, 7) is 12.0. The number of amides is 2. The summed E-state index contributed by atoms with van der Waals surface area (Å²) in [6.07, 6.45) is 4.02. The molecule has 174 valence electrons. The summed E-state index contributed by atoms with van der Waals surface area (Å²) >= 11 is 0. The molecule has 31 heavy (non-hydrogen) atoms. The second-order valence-corrected chi connectivity index (χ2v) is 8.39. The Morgan fingerprint density at radius 2 is 1.90 bits per heavy atom. The fourth-order valence-corrected chi connectivity index (χ4v) is 4.38. The Labute approximate surface area is 184 Å². The molecule has 9 heteroatoms. The van der Waals surface area contributed by atoms with Crippen molar-refractivity contribution in [2.24, 2.45) is 0 Å². The van der Waals surface area contributed by atoms with Gasteiger partial charge in [0.15, 0.2) is 0 Å².